The SMILES string of the molecule is CCOCCO[Si]C=C(C)C. The minimum Gasteiger partial charge on any atom is -0.410 e. The molecule has 0 saturated carbocycles. The number of ether oxygens (including phenoxy) is 1. The van der Waals surface area contributed by atoms with Crippen LogP contribution in [0.15, 0.2) is 11.3 Å². The Morgan fingerprint density at radius 2 is 2.09 bits per heavy atom. The Balaban J connectivity index is 2.97. The van der Waals surface area contributed by atoms with E-state index in [0.29, 0.717) is 23.0 Å². The molecule has 0 fully saturated rings. The molecular formula is C8H16O2Si. The normalized spacial score (nSPS) is 9.73. The lowest BCUT2D eigenvalue weighted by molar-refractivity contribution is 0.112. The van der Waals surface area contributed by atoms with Gasteiger partial charge in [-0.25, -0.2) is 0 Å². The number of hydrogen-bond acceptors (Lipinski definition) is 2. The molecule has 0 atom stereocenters. The Hall–Kier alpha value is -0.123. The predicted molar refractivity (Wildman–Crippen MR) is 47.6 cm³/mol. The monoisotopic (exact) mass is 172 g/mol. The fourth-order valence-electron chi connectivity index (χ4n) is 0.463. The maximum atomic E-state index is 5.27. The van der Waals surface area contributed by atoms with E-state index >= 15 is 0 Å². The van der Waals surface area contributed by atoms with Gasteiger partial charge in [-0.1, -0.05) is 11.3 Å². The molecule has 0 amide bonds. The van der Waals surface area contributed by atoms with Gasteiger partial charge in [-0.15, -0.1) is 0 Å². The topological polar surface area (TPSA) is 18.5 Å². The van der Waals surface area contributed by atoms with E-state index in [1.54, 1.807) is 0 Å². The van der Waals surface area contributed by atoms with Crippen molar-refractivity contribution >= 4 is 9.76 Å². The summed E-state index contributed by atoms with van der Waals surface area (Å²) >= 11 is 0. The molecule has 0 heterocycles. The molecule has 0 aromatic rings. The predicted octanol–water partition coefficient (Wildman–Crippen LogP) is 1.58. The molecule has 0 N–H and O–H groups in total. The van der Waals surface area contributed by atoms with E-state index in [2.05, 4.69) is 19.5 Å². The van der Waals surface area contributed by atoms with Crippen LogP contribution in [0.3, 0.4) is 0 Å². The fraction of sp³-hybridized carbons (Fsp3) is 0.750. The average Bonchev–Trinajstić information content (AvgIpc) is 1.96. The molecule has 0 aromatic carbocycles. The quantitative estimate of drug-likeness (QED) is 0.447. The van der Waals surface area contributed by atoms with Gasteiger partial charge >= 0.3 is 0 Å². The Bertz CT molecular complexity index is 109. The average molecular weight is 172 g/mol. The molecule has 0 aliphatic rings. The molecule has 2 radical (unpaired) electrons. The molecule has 0 rings (SSSR count). The van der Waals surface area contributed by atoms with Crippen LogP contribution in [-0.2, 0) is 9.16 Å². The molecule has 2 nitrogen and oxygen atoms in total. The second-order valence-electron chi connectivity index (χ2n) is 2.38. The summed E-state index contributed by atoms with van der Waals surface area (Å²) in [6, 6.07) is 0. The van der Waals surface area contributed by atoms with Gasteiger partial charge in [0.05, 0.1) is 13.2 Å². The van der Waals surface area contributed by atoms with Crippen molar-refractivity contribution in [2.45, 2.75) is 20.8 Å². The van der Waals surface area contributed by atoms with Crippen LogP contribution in [0.1, 0.15) is 20.8 Å². The highest BCUT2D eigenvalue weighted by atomic mass is 28.2. The van der Waals surface area contributed by atoms with Crippen LogP contribution >= 0.6 is 0 Å². The van der Waals surface area contributed by atoms with E-state index < -0.39 is 0 Å². The van der Waals surface area contributed by atoms with Gasteiger partial charge < -0.3 is 9.16 Å². The molecule has 0 bridgehead atoms. The van der Waals surface area contributed by atoms with Crippen LogP contribution in [0, 0.1) is 0 Å². The van der Waals surface area contributed by atoms with Crippen LogP contribution in [0.5, 0.6) is 0 Å². The number of allylic oxidation sites excluding steroid dienone is 1. The summed E-state index contributed by atoms with van der Waals surface area (Å²) in [5.41, 5.74) is 3.39. The largest absolute Gasteiger partial charge is 0.410 e. The summed E-state index contributed by atoms with van der Waals surface area (Å²) in [5.74, 6) is 0. The molecule has 0 aliphatic carbocycles. The smallest absolute Gasteiger partial charge is 0.260 e. The second-order valence-corrected chi connectivity index (χ2v) is 3.20. The van der Waals surface area contributed by atoms with Gasteiger partial charge in [-0.3, -0.25) is 0 Å². The minimum absolute atomic E-state index is 0.482. The van der Waals surface area contributed by atoms with Crippen molar-refractivity contribution in [1.29, 1.82) is 0 Å². The van der Waals surface area contributed by atoms with E-state index in [4.69, 9.17) is 9.16 Å². The van der Waals surface area contributed by atoms with Crippen LogP contribution in [-0.4, -0.2) is 29.6 Å². The highest BCUT2D eigenvalue weighted by Gasteiger charge is 1.87. The first-order chi connectivity index (χ1) is 5.27. The summed E-state index contributed by atoms with van der Waals surface area (Å²) in [7, 11) is 0.482. The van der Waals surface area contributed by atoms with E-state index in [9.17, 15) is 0 Å². The lowest BCUT2D eigenvalue weighted by Crippen LogP contribution is -2.05. The molecule has 0 spiro atoms. The third-order valence-corrected chi connectivity index (χ3v) is 2.03. The van der Waals surface area contributed by atoms with Gasteiger partial charge in [0.15, 0.2) is 0 Å². The van der Waals surface area contributed by atoms with Gasteiger partial charge in [0.2, 0.25) is 0 Å². The van der Waals surface area contributed by atoms with Crippen molar-refractivity contribution < 1.29 is 9.16 Å². The maximum absolute atomic E-state index is 5.27. The Kier molecular flexibility index (Phi) is 7.89. The number of hydrogen-bond donors (Lipinski definition) is 0. The van der Waals surface area contributed by atoms with Gasteiger partial charge in [0.1, 0.15) is 0 Å². The van der Waals surface area contributed by atoms with Crippen molar-refractivity contribution in [3.05, 3.63) is 11.3 Å². The van der Waals surface area contributed by atoms with Crippen molar-refractivity contribution in [1.82, 2.24) is 0 Å². The first-order valence-electron chi connectivity index (χ1n) is 3.85. The zero-order chi connectivity index (χ0) is 8.53. The molecule has 0 aliphatic heterocycles. The van der Waals surface area contributed by atoms with E-state index in [1.165, 1.54) is 5.57 Å². The zero-order valence-corrected chi connectivity index (χ0v) is 8.52. The summed E-state index contributed by atoms with van der Waals surface area (Å²) in [4.78, 5) is 0. The summed E-state index contributed by atoms with van der Waals surface area (Å²) in [6.07, 6.45) is 0. The summed E-state index contributed by atoms with van der Waals surface area (Å²) < 4.78 is 10.4. The molecule has 0 saturated heterocycles. The third kappa shape index (κ3) is 9.88. The molecular weight excluding hydrogens is 156 g/mol. The summed E-state index contributed by atoms with van der Waals surface area (Å²) in [5, 5.41) is 0. The van der Waals surface area contributed by atoms with E-state index in [0.717, 1.165) is 6.61 Å². The Morgan fingerprint density at radius 3 is 2.64 bits per heavy atom. The maximum Gasteiger partial charge on any atom is 0.260 e. The zero-order valence-electron chi connectivity index (χ0n) is 7.52. The van der Waals surface area contributed by atoms with Crippen molar-refractivity contribution in [2.24, 2.45) is 0 Å². The number of rotatable bonds is 6. The van der Waals surface area contributed by atoms with Gasteiger partial charge in [-0.2, -0.15) is 0 Å². The van der Waals surface area contributed by atoms with Gasteiger partial charge in [0.25, 0.3) is 9.76 Å². The van der Waals surface area contributed by atoms with Crippen LogP contribution in [0.2, 0.25) is 0 Å². The highest BCUT2D eigenvalue weighted by molar-refractivity contribution is 6.34. The van der Waals surface area contributed by atoms with Crippen molar-refractivity contribution in [2.75, 3.05) is 19.8 Å². The Labute approximate surface area is 71.5 Å². The highest BCUT2D eigenvalue weighted by Crippen LogP contribution is 1.86. The van der Waals surface area contributed by atoms with Crippen LogP contribution < -0.4 is 0 Å². The molecule has 0 aromatic heterocycles. The summed E-state index contributed by atoms with van der Waals surface area (Å²) in [6.45, 7) is 8.31. The molecule has 64 valence electrons. The lowest BCUT2D eigenvalue weighted by Gasteiger charge is -1.99. The lowest BCUT2D eigenvalue weighted by atomic mass is 10.4. The first-order valence-corrected chi connectivity index (χ1v) is 4.84. The van der Waals surface area contributed by atoms with Crippen molar-refractivity contribution in [3.8, 4) is 0 Å². The first kappa shape index (κ1) is 10.9. The minimum atomic E-state index is 0.482. The third-order valence-electron chi connectivity index (χ3n) is 0.965. The Morgan fingerprint density at radius 1 is 1.36 bits per heavy atom. The van der Waals surface area contributed by atoms with E-state index in [-0.39, 0.29) is 0 Å². The standard InChI is InChI=1S/C8H16O2Si/c1-4-9-5-6-10-11-7-8(2)3/h7H,4-6H2,1-3H3. The van der Waals surface area contributed by atoms with Crippen LogP contribution in [0.25, 0.3) is 0 Å². The fourth-order valence-corrected chi connectivity index (χ4v) is 0.984. The molecule has 11 heavy (non-hydrogen) atoms. The van der Waals surface area contributed by atoms with Crippen LogP contribution in [0.4, 0.5) is 0 Å². The van der Waals surface area contributed by atoms with Gasteiger partial charge in [-0.05, 0) is 20.8 Å². The van der Waals surface area contributed by atoms with E-state index in [1.807, 2.05) is 6.92 Å². The molecule has 0 unspecified atom stereocenters. The molecule has 3 heteroatoms. The second kappa shape index (κ2) is 7.98. The van der Waals surface area contributed by atoms with Gasteiger partial charge in [0, 0.05) is 6.61 Å². The van der Waals surface area contributed by atoms with Crippen molar-refractivity contribution in [3.63, 3.8) is 0 Å².